The molecule has 25 heavy (non-hydrogen) atoms. The molecule has 3 rings (SSSR count). The molecular formula is C20H18F2N2O. The molecule has 1 aliphatic rings. The molecule has 0 spiro atoms. The molecule has 2 aromatic carbocycles. The fourth-order valence-electron chi connectivity index (χ4n) is 3.01. The fraction of sp³-hybridized carbons (Fsp3) is 0.300. The Kier molecular flexibility index (Phi) is 5.08. The summed E-state index contributed by atoms with van der Waals surface area (Å²) >= 11 is 0. The van der Waals surface area contributed by atoms with Gasteiger partial charge in [0.25, 0.3) is 0 Å². The third kappa shape index (κ3) is 3.69. The molecule has 0 radical (unpaired) electrons. The highest BCUT2D eigenvalue weighted by Crippen LogP contribution is 2.36. The van der Waals surface area contributed by atoms with Gasteiger partial charge in [-0.2, -0.15) is 5.26 Å². The highest BCUT2D eigenvalue weighted by Gasteiger charge is 2.25. The summed E-state index contributed by atoms with van der Waals surface area (Å²) < 4.78 is 32.5. The average molecular weight is 340 g/mol. The third-order valence-corrected chi connectivity index (χ3v) is 4.17. The number of hydrogen-bond donors (Lipinski definition) is 0. The van der Waals surface area contributed by atoms with Gasteiger partial charge in [0, 0.05) is 41.6 Å². The highest BCUT2D eigenvalue weighted by molar-refractivity contribution is 6.07. The first-order valence-corrected chi connectivity index (χ1v) is 8.36. The average Bonchev–Trinajstić information content (AvgIpc) is 2.99. The van der Waals surface area contributed by atoms with Crippen LogP contribution in [0.4, 0.5) is 8.78 Å². The van der Waals surface area contributed by atoms with Crippen molar-refractivity contribution in [2.75, 3.05) is 6.54 Å². The van der Waals surface area contributed by atoms with Crippen molar-refractivity contribution in [3.63, 3.8) is 0 Å². The molecule has 0 aromatic heterocycles. The van der Waals surface area contributed by atoms with E-state index < -0.39 is 11.6 Å². The van der Waals surface area contributed by atoms with E-state index in [1.807, 2.05) is 0 Å². The van der Waals surface area contributed by atoms with Gasteiger partial charge in [-0.25, -0.2) is 8.78 Å². The maximum Gasteiger partial charge on any atom is 0.133 e. The van der Waals surface area contributed by atoms with E-state index in [1.54, 1.807) is 12.1 Å². The monoisotopic (exact) mass is 340 g/mol. The van der Waals surface area contributed by atoms with Gasteiger partial charge in [0.05, 0.1) is 11.6 Å². The molecule has 2 aromatic rings. The molecule has 0 fully saturated rings. The van der Waals surface area contributed by atoms with Gasteiger partial charge in [0.2, 0.25) is 0 Å². The Bertz CT molecular complexity index is 848. The van der Waals surface area contributed by atoms with E-state index in [4.69, 9.17) is 4.74 Å². The number of fused-ring (bicyclic) bond motifs is 1. The van der Waals surface area contributed by atoms with E-state index >= 15 is 0 Å². The number of benzene rings is 2. The zero-order valence-electron chi connectivity index (χ0n) is 14.0. The molecule has 5 heteroatoms. The second kappa shape index (κ2) is 7.43. The van der Waals surface area contributed by atoms with E-state index in [9.17, 15) is 14.0 Å². The van der Waals surface area contributed by atoms with Gasteiger partial charge < -0.3 is 4.74 Å². The zero-order valence-corrected chi connectivity index (χ0v) is 14.0. The topological polar surface area (TPSA) is 45.4 Å². The van der Waals surface area contributed by atoms with Crippen LogP contribution < -0.4 is 4.74 Å². The summed E-state index contributed by atoms with van der Waals surface area (Å²) in [6, 6.07) is 8.62. The van der Waals surface area contributed by atoms with E-state index in [1.165, 1.54) is 0 Å². The van der Waals surface area contributed by atoms with Gasteiger partial charge >= 0.3 is 0 Å². The summed E-state index contributed by atoms with van der Waals surface area (Å²) in [5.74, 6) is -0.773. The fourth-order valence-corrected chi connectivity index (χ4v) is 3.01. The number of ether oxygens (including phenoxy) is 1. The maximum absolute atomic E-state index is 13.4. The van der Waals surface area contributed by atoms with Crippen LogP contribution in [0.15, 0.2) is 35.3 Å². The smallest absolute Gasteiger partial charge is 0.133 e. The summed E-state index contributed by atoms with van der Waals surface area (Å²) in [4.78, 5) is 4.63. The predicted molar refractivity (Wildman–Crippen MR) is 92.2 cm³/mol. The Morgan fingerprint density at radius 1 is 1.16 bits per heavy atom. The van der Waals surface area contributed by atoms with Crippen LogP contribution in [-0.2, 0) is 6.42 Å². The summed E-state index contributed by atoms with van der Waals surface area (Å²) in [5, 5.41) is 9.40. The van der Waals surface area contributed by atoms with E-state index in [-0.39, 0.29) is 5.75 Å². The molecule has 1 aliphatic carbocycles. The van der Waals surface area contributed by atoms with Crippen molar-refractivity contribution < 1.29 is 13.5 Å². The lowest BCUT2D eigenvalue weighted by atomic mass is 10.0. The summed E-state index contributed by atoms with van der Waals surface area (Å²) in [6.07, 6.45) is 3.50. The van der Waals surface area contributed by atoms with Crippen LogP contribution in [0.25, 0.3) is 0 Å². The van der Waals surface area contributed by atoms with E-state index in [0.717, 1.165) is 60.8 Å². The molecule has 128 valence electrons. The SMILES string of the molecule is CCCC/N=C1/CCc2c(Oc3cc(F)cc(F)c3)ccc(C#N)c21. The van der Waals surface area contributed by atoms with Crippen LogP contribution in [0, 0.1) is 23.0 Å². The van der Waals surface area contributed by atoms with Gasteiger partial charge in [-0.15, -0.1) is 0 Å². The van der Waals surface area contributed by atoms with Gasteiger partial charge in [0.15, 0.2) is 0 Å². The minimum absolute atomic E-state index is 0.0979. The van der Waals surface area contributed by atoms with Crippen molar-refractivity contribution >= 4 is 5.71 Å². The Balaban J connectivity index is 1.98. The zero-order chi connectivity index (χ0) is 17.8. The van der Waals surface area contributed by atoms with Crippen molar-refractivity contribution in [1.29, 1.82) is 5.26 Å². The molecular weight excluding hydrogens is 322 g/mol. The molecule has 0 saturated carbocycles. The van der Waals surface area contributed by atoms with Crippen LogP contribution in [0.5, 0.6) is 11.5 Å². The molecule has 0 heterocycles. The number of aliphatic imine (C=N–C) groups is 1. The summed E-state index contributed by atoms with van der Waals surface area (Å²) in [7, 11) is 0. The Morgan fingerprint density at radius 3 is 2.60 bits per heavy atom. The van der Waals surface area contributed by atoms with Crippen molar-refractivity contribution in [1.82, 2.24) is 0 Å². The molecule has 0 bridgehead atoms. The second-order valence-electron chi connectivity index (χ2n) is 5.97. The predicted octanol–water partition coefficient (Wildman–Crippen LogP) is 5.16. The first-order valence-electron chi connectivity index (χ1n) is 8.36. The Labute approximate surface area is 145 Å². The maximum atomic E-state index is 13.4. The number of hydrogen-bond acceptors (Lipinski definition) is 3. The quantitative estimate of drug-likeness (QED) is 0.705. The summed E-state index contributed by atoms with van der Waals surface area (Å²) in [5.41, 5.74) is 3.16. The lowest BCUT2D eigenvalue weighted by Gasteiger charge is -2.12. The number of halogens is 2. The van der Waals surface area contributed by atoms with Crippen molar-refractivity contribution in [2.24, 2.45) is 4.99 Å². The molecule has 0 unspecified atom stereocenters. The van der Waals surface area contributed by atoms with E-state index in [0.29, 0.717) is 17.7 Å². The van der Waals surface area contributed by atoms with Gasteiger partial charge in [-0.1, -0.05) is 13.3 Å². The minimum Gasteiger partial charge on any atom is -0.457 e. The van der Waals surface area contributed by atoms with E-state index in [2.05, 4.69) is 18.0 Å². The van der Waals surface area contributed by atoms with Crippen molar-refractivity contribution in [3.05, 3.63) is 58.7 Å². The standard InChI is InChI=1S/C20H18F2N2O/c1-2-3-8-24-18-6-5-17-19(7-4-13(12-23)20(17)18)25-16-10-14(21)9-15(22)11-16/h4,7,9-11H,2-3,5-6,8H2,1H3/b24-18-. The van der Waals surface area contributed by atoms with Crippen LogP contribution in [-0.4, -0.2) is 12.3 Å². The summed E-state index contributed by atoms with van der Waals surface area (Å²) in [6.45, 7) is 2.84. The first-order chi connectivity index (χ1) is 12.1. The minimum atomic E-state index is -0.692. The van der Waals surface area contributed by atoms with Gasteiger partial charge in [-0.05, 0) is 31.4 Å². The number of unbranched alkanes of at least 4 members (excludes halogenated alkanes) is 1. The van der Waals surface area contributed by atoms with Crippen LogP contribution in [0.2, 0.25) is 0 Å². The van der Waals surface area contributed by atoms with Gasteiger partial charge in [0.1, 0.15) is 23.1 Å². The second-order valence-corrected chi connectivity index (χ2v) is 5.97. The number of rotatable bonds is 5. The van der Waals surface area contributed by atoms with Crippen molar-refractivity contribution in [3.8, 4) is 17.6 Å². The molecule has 0 amide bonds. The van der Waals surface area contributed by atoms with Crippen molar-refractivity contribution in [2.45, 2.75) is 32.6 Å². The van der Waals surface area contributed by atoms with Crippen LogP contribution >= 0.6 is 0 Å². The Hall–Kier alpha value is -2.74. The molecule has 3 nitrogen and oxygen atoms in total. The molecule has 0 aliphatic heterocycles. The third-order valence-electron chi connectivity index (χ3n) is 4.17. The van der Waals surface area contributed by atoms with Crippen LogP contribution in [0.3, 0.4) is 0 Å². The first kappa shape index (κ1) is 17.1. The van der Waals surface area contributed by atoms with Gasteiger partial charge in [-0.3, -0.25) is 4.99 Å². The number of nitrogens with zero attached hydrogens (tertiary/aromatic N) is 2. The molecule has 0 N–H and O–H groups in total. The lowest BCUT2D eigenvalue weighted by Crippen LogP contribution is -2.01. The highest BCUT2D eigenvalue weighted by atomic mass is 19.1. The van der Waals surface area contributed by atoms with Crippen LogP contribution in [0.1, 0.15) is 42.9 Å². The molecule has 0 atom stereocenters. The number of nitriles is 1. The largest absolute Gasteiger partial charge is 0.457 e. The normalized spacial score (nSPS) is 14.4. The Morgan fingerprint density at radius 2 is 1.92 bits per heavy atom. The lowest BCUT2D eigenvalue weighted by molar-refractivity contribution is 0.463. The molecule has 0 saturated heterocycles.